The summed E-state index contributed by atoms with van der Waals surface area (Å²) in [5, 5.41) is 2.94. The van der Waals surface area contributed by atoms with Crippen molar-refractivity contribution in [2.24, 2.45) is 17.6 Å². The fourth-order valence-corrected chi connectivity index (χ4v) is 1.94. The number of nitrogens with two attached hydrogens (primary N) is 1. The maximum atomic E-state index is 11.5. The zero-order chi connectivity index (χ0) is 11.3. The lowest BCUT2D eigenvalue weighted by Crippen LogP contribution is -2.42. The lowest BCUT2D eigenvalue weighted by molar-refractivity contribution is -0.122. The van der Waals surface area contributed by atoms with Crippen molar-refractivity contribution in [3.63, 3.8) is 0 Å². The van der Waals surface area contributed by atoms with Crippen LogP contribution in [-0.4, -0.2) is 32.2 Å². The number of amides is 1. The number of carbonyl (C=O) groups is 1. The van der Waals surface area contributed by atoms with E-state index in [9.17, 15) is 4.79 Å². The normalized spacial score (nSPS) is 26.9. The summed E-state index contributed by atoms with van der Waals surface area (Å²) < 4.78 is 4.98. The summed E-state index contributed by atoms with van der Waals surface area (Å²) in [6.45, 7) is 3.44. The van der Waals surface area contributed by atoms with Crippen LogP contribution in [0.25, 0.3) is 0 Å². The van der Waals surface area contributed by atoms with Gasteiger partial charge in [-0.05, 0) is 24.7 Å². The summed E-state index contributed by atoms with van der Waals surface area (Å²) in [6.07, 6.45) is 2.65. The smallest absolute Gasteiger partial charge is 0.220 e. The van der Waals surface area contributed by atoms with E-state index in [1.165, 1.54) is 0 Å². The molecule has 0 aromatic heterocycles. The largest absolute Gasteiger partial charge is 0.384 e. The number of rotatable bonds is 6. The molecule has 4 heteroatoms. The summed E-state index contributed by atoms with van der Waals surface area (Å²) >= 11 is 0. The molecule has 0 aliphatic heterocycles. The van der Waals surface area contributed by atoms with Crippen molar-refractivity contribution >= 4 is 5.91 Å². The Kier molecular flexibility index (Phi) is 5.05. The zero-order valence-electron chi connectivity index (χ0n) is 9.66. The van der Waals surface area contributed by atoms with E-state index >= 15 is 0 Å². The molecule has 0 saturated heterocycles. The predicted octanol–water partition coefficient (Wildman–Crippen LogP) is 0.513. The van der Waals surface area contributed by atoms with Crippen molar-refractivity contribution in [2.75, 3.05) is 20.3 Å². The van der Waals surface area contributed by atoms with Gasteiger partial charge in [0, 0.05) is 32.7 Å². The molecule has 1 aliphatic rings. The Hall–Kier alpha value is -0.610. The molecule has 0 bridgehead atoms. The molecule has 15 heavy (non-hydrogen) atoms. The van der Waals surface area contributed by atoms with E-state index in [2.05, 4.69) is 5.32 Å². The van der Waals surface area contributed by atoms with Gasteiger partial charge in [0.2, 0.25) is 5.91 Å². The third-order valence-corrected chi connectivity index (χ3v) is 2.85. The predicted molar refractivity (Wildman–Crippen MR) is 59.4 cm³/mol. The van der Waals surface area contributed by atoms with Gasteiger partial charge in [-0.15, -0.1) is 0 Å². The van der Waals surface area contributed by atoms with Crippen LogP contribution in [0.15, 0.2) is 0 Å². The molecule has 1 saturated carbocycles. The van der Waals surface area contributed by atoms with E-state index in [1.54, 1.807) is 7.11 Å². The topological polar surface area (TPSA) is 64.3 Å². The highest BCUT2D eigenvalue weighted by molar-refractivity contribution is 5.76. The van der Waals surface area contributed by atoms with E-state index in [-0.39, 0.29) is 5.91 Å². The van der Waals surface area contributed by atoms with Gasteiger partial charge in [-0.25, -0.2) is 0 Å². The molecule has 1 amide bonds. The second kappa shape index (κ2) is 6.08. The van der Waals surface area contributed by atoms with Gasteiger partial charge in [0.15, 0.2) is 0 Å². The average Bonchev–Trinajstić information content (AvgIpc) is 2.11. The van der Waals surface area contributed by atoms with Crippen LogP contribution in [0.5, 0.6) is 0 Å². The van der Waals surface area contributed by atoms with Gasteiger partial charge in [0.1, 0.15) is 0 Å². The molecule has 1 atom stereocenters. The highest BCUT2D eigenvalue weighted by Gasteiger charge is 2.25. The molecule has 0 aromatic carbocycles. The Morgan fingerprint density at radius 1 is 1.60 bits per heavy atom. The Morgan fingerprint density at radius 2 is 2.27 bits per heavy atom. The maximum absolute atomic E-state index is 11.5. The first-order chi connectivity index (χ1) is 7.11. The first-order valence-electron chi connectivity index (χ1n) is 5.63. The van der Waals surface area contributed by atoms with Crippen molar-refractivity contribution in [2.45, 2.75) is 32.2 Å². The van der Waals surface area contributed by atoms with Gasteiger partial charge in [-0.1, -0.05) is 6.92 Å². The number of nitrogens with one attached hydrogen (secondary N) is 1. The monoisotopic (exact) mass is 214 g/mol. The average molecular weight is 214 g/mol. The van der Waals surface area contributed by atoms with Crippen molar-refractivity contribution in [1.29, 1.82) is 0 Å². The minimum Gasteiger partial charge on any atom is -0.384 e. The second-order valence-corrected chi connectivity index (χ2v) is 4.67. The molecule has 0 aromatic rings. The second-order valence-electron chi connectivity index (χ2n) is 4.67. The Labute approximate surface area is 91.5 Å². The fourth-order valence-electron chi connectivity index (χ4n) is 1.94. The van der Waals surface area contributed by atoms with Gasteiger partial charge in [0.25, 0.3) is 0 Å². The highest BCUT2D eigenvalue weighted by atomic mass is 16.5. The van der Waals surface area contributed by atoms with Crippen LogP contribution in [0, 0.1) is 11.8 Å². The maximum Gasteiger partial charge on any atom is 0.220 e. The summed E-state index contributed by atoms with van der Waals surface area (Å²) in [5.74, 6) is 1.01. The lowest BCUT2D eigenvalue weighted by Gasteiger charge is -2.32. The highest BCUT2D eigenvalue weighted by Crippen LogP contribution is 2.24. The minimum absolute atomic E-state index is 0.125. The SMILES string of the molecule is COCC(C)CC(=O)NCC1CC(N)C1. The zero-order valence-corrected chi connectivity index (χ0v) is 9.66. The van der Waals surface area contributed by atoms with Crippen LogP contribution in [-0.2, 0) is 9.53 Å². The first kappa shape index (κ1) is 12.5. The lowest BCUT2D eigenvalue weighted by atomic mass is 9.81. The molecule has 1 rings (SSSR count). The molecule has 1 unspecified atom stereocenters. The number of carbonyl (C=O) groups excluding carboxylic acids is 1. The molecular weight excluding hydrogens is 192 g/mol. The van der Waals surface area contributed by atoms with Crippen LogP contribution >= 0.6 is 0 Å². The molecule has 0 radical (unpaired) electrons. The van der Waals surface area contributed by atoms with E-state index in [0.717, 1.165) is 19.4 Å². The van der Waals surface area contributed by atoms with Gasteiger partial charge in [0.05, 0.1) is 0 Å². The summed E-state index contributed by atoms with van der Waals surface area (Å²) in [7, 11) is 1.66. The standard InChI is InChI=1S/C11H22N2O2/c1-8(7-15-2)3-11(14)13-6-9-4-10(12)5-9/h8-10H,3-7,12H2,1-2H3,(H,13,14). The minimum atomic E-state index is 0.125. The fraction of sp³-hybridized carbons (Fsp3) is 0.909. The van der Waals surface area contributed by atoms with Gasteiger partial charge >= 0.3 is 0 Å². The van der Waals surface area contributed by atoms with Crippen molar-refractivity contribution in [3.05, 3.63) is 0 Å². The molecule has 88 valence electrons. The van der Waals surface area contributed by atoms with Gasteiger partial charge < -0.3 is 15.8 Å². The Morgan fingerprint density at radius 3 is 2.80 bits per heavy atom. The number of methoxy groups -OCH3 is 1. The van der Waals surface area contributed by atoms with Crippen LogP contribution in [0.1, 0.15) is 26.2 Å². The van der Waals surface area contributed by atoms with E-state index < -0.39 is 0 Å². The molecule has 3 N–H and O–H groups in total. The molecule has 1 aliphatic carbocycles. The van der Waals surface area contributed by atoms with Crippen LogP contribution in [0.4, 0.5) is 0 Å². The molecule has 0 heterocycles. The van der Waals surface area contributed by atoms with E-state index in [0.29, 0.717) is 30.9 Å². The van der Waals surface area contributed by atoms with Gasteiger partial charge in [-0.2, -0.15) is 0 Å². The molecule has 0 spiro atoms. The summed E-state index contributed by atoms with van der Waals surface area (Å²) in [6, 6.07) is 0.360. The third kappa shape index (κ3) is 4.62. The third-order valence-electron chi connectivity index (χ3n) is 2.85. The summed E-state index contributed by atoms with van der Waals surface area (Å²) in [4.78, 5) is 11.5. The number of ether oxygens (including phenoxy) is 1. The van der Waals surface area contributed by atoms with Crippen LogP contribution in [0.3, 0.4) is 0 Å². The number of hydrogen-bond donors (Lipinski definition) is 2. The molecule has 4 nitrogen and oxygen atoms in total. The van der Waals surface area contributed by atoms with E-state index in [1.807, 2.05) is 6.92 Å². The Bertz CT molecular complexity index is 203. The van der Waals surface area contributed by atoms with Crippen LogP contribution in [0.2, 0.25) is 0 Å². The molecular formula is C11H22N2O2. The van der Waals surface area contributed by atoms with E-state index in [4.69, 9.17) is 10.5 Å². The summed E-state index contributed by atoms with van der Waals surface area (Å²) in [5.41, 5.74) is 5.67. The van der Waals surface area contributed by atoms with Crippen molar-refractivity contribution in [3.8, 4) is 0 Å². The van der Waals surface area contributed by atoms with Crippen LogP contribution < -0.4 is 11.1 Å². The van der Waals surface area contributed by atoms with Gasteiger partial charge in [-0.3, -0.25) is 4.79 Å². The first-order valence-corrected chi connectivity index (χ1v) is 5.63. The van der Waals surface area contributed by atoms with Crippen molar-refractivity contribution in [1.82, 2.24) is 5.32 Å². The number of hydrogen-bond acceptors (Lipinski definition) is 3. The quantitative estimate of drug-likeness (QED) is 0.677. The molecule has 1 fully saturated rings. The Balaban J connectivity index is 2.03. The van der Waals surface area contributed by atoms with Crippen molar-refractivity contribution < 1.29 is 9.53 Å².